The number of carboxylic acids is 1. The molecule has 2 aliphatic rings. The molecule has 2 saturated heterocycles. The lowest BCUT2D eigenvalue weighted by molar-refractivity contribution is -0.142. The van der Waals surface area contributed by atoms with Crippen LogP contribution in [0.1, 0.15) is 48.7 Å². The van der Waals surface area contributed by atoms with E-state index in [1.807, 2.05) is 24.0 Å². The maximum atomic E-state index is 12.6. The largest absolute Gasteiger partial charge is 0.480 e. The third kappa shape index (κ3) is 3.68. The molecule has 1 amide bonds. The molecule has 0 saturated carbocycles. The molecule has 1 aromatic heterocycles. The Balaban J connectivity index is 1.64. The van der Waals surface area contributed by atoms with Crippen molar-refractivity contribution in [3.8, 4) is 0 Å². The summed E-state index contributed by atoms with van der Waals surface area (Å²) < 4.78 is 0. The average molecular weight is 345 g/mol. The first-order valence-electron chi connectivity index (χ1n) is 9.13. The van der Waals surface area contributed by atoms with Gasteiger partial charge in [-0.15, -0.1) is 0 Å². The molecule has 1 atom stereocenters. The summed E-state index contributed by atoms with van der Waals surface area (Å²) in [5, 5.41) is 9.52. The van der Waals surface area contributed by atoms with E-state index < -0.39 is 5.97 Å². The first-order chi connectivity index (χ1) is 11.9. The van der Waals surface area contributed by atoms with Crippen LogP contribution in [0.25, 0.3) is 0 Å². The number of aliphatic carboxylic acids is 1. The molecule has 6 nitrogen and oxygen atoms in total. The summed E-state index contributed by atoms with van der Waals surface area (Å²) in [6.45, 7) is 7.04. The van der Waals surface area contributed by atoms with Crippen molar-refractivity contribution in [2.24, 2.45) is 5.41 Å². The predicted molar refractivity (Wildman–Crippen MR) is 94.4 cm³/mol. The van der Waals surface area contributed by atoms with Crippen LogP contribution in [0.15, 0.2) is 18.3 Å². The fourth-order valence-corrected chi connectivity index (χ4v) is 4.23. The standard InChI is InChI=1S/C19H27N3O3/c1-3-8-22-13-19(11-16(22)18(24)25)6-9-21(10-7-19)17(23)15-5-4-14(2)20-12-15/h4-5,12,16H,3,6-11,13H2,1-2H3,(H,24,25). The van der Waals surface area contributed by atoms with Gasteiger partial charge in [0.05, 0.1) is 5.56 Å². The number of aromatic nitrogens is 1. The molecule has 3 heterocycles. The second-order valence-electron chi connectivity index (χ2n) is 7.51. The predicted octanol–water partition coefficient (Wildman–Crippen LogP) is 2.18. The summed E-state index contributed by atoms with van der Waals surface area (Å²) in [6, 6.07) is 3.31. The Morgan fingerprint density at radius 2 is 2.04 bits per heavy atom. The van der Waals surface area contributed by atoms with Crippen LogP contribution in [0.2, 0.25) is 0 Å². The van der Waals surface area contributed by atoms with Gasteiger partial charge >= 0.3 is 5.97 Å². The molecule has 6 heteroatoms. The van der Waals surface area contributed by atoms with Crippen LogP contribution in [0.3, 0.4) is 0 Å². The number of carboxylic acid groups (broad SMARTS) is 1. The van der Waals surface area contributed by atoms with Crippen molar-refractivity contribution in [1.29, 1.82) is 0 Å². The molecule has 3 rings (SSSR count). The minimum Gasteiger partial charge on any atom is -0.480 e. The molecule has 0 bridgehead atoms. The lowest BCUT2D eigenvalue weighted by Gasteiger charge is -2.39. The van der Waals surface area contributed by atoms with E-state index in [1.54, 1.807) is 6.20 Å². The molecule has 0 aliphatic carbocycles. The second-order valence-corrected chi connectivity index (χ2v) is 7.51. The van der Waals surface area contributed by atoms with E-state index >= 15 is 0 Å². The molecule has 0 radical (unpaired) electrons. The van der Waals surface area contributed by atoms with Gasteiger partial charge in [-0.3, -0.25) is 19.5 Å². The van der Waals surface area contributed by atoms with Gasteiger partial charge in [0.2, 0.25) is 0 Å². The van der Waals surface area contributed by atoms with Crippen molar-refractivity contribution in [3.63, 3.8) is 0 Å². The monoisotopic (exact) mass is 345 g/mol. The van der Waals surface area contributed by atoms with Crippen LogP contribution < -0.4 is 0 Å². The van der Waals surface area contributed by atoms with Crippen LogP contribution in [0.5, 0.6) is 0 Å². The van der Waals surface area contributed by atoms with Crippen molar-refractivity contribution in [3.05, 3.63) is 29.6 Å². The number of pyridine rings is 1. The third-order valence-electron chi connectivity index (χ3n) is 5.67. The summed E-state index contributed by atoms with van der Waals surface area (Å²) in [7, 11) is 0. The van der Waals surface area contributed by atoms with Gasteiger partial charge in [0, 0.05) is 31.5 Å². The number of hydrogen-bond acceptors (Lipinski definition) is 4. The first kappa shape index (κ1) is 17.9. The zero-order chi connectivity index (χ0) is 18.0. The van der Waals surface area contributed by atoms with Crippen molar-refractivity contribution in [2.45, 2.75) is 45.6 Å². The molecule has 2 fully saturated rings. The number of rotatable bonds is 4. The zero-order valence-corrected chi connectivity index (χ0v) is 15.1. The summed E-state index contributed by atoms with van der Waals surface area (Å²) in [5.74, 6) is -0.685. The Morgan fingerprint density at radius 1 is 1.32 bits per heavy atom. The van der Waals surface area contributed by atoms with Gasteiger partial charge in [-0.05, 0) is 56.7 Å². The highest BCUT2D eigenvalue weighted by Crippen LogP contribution is 2.43. The average Bonchev–Trinajstić information content (AvgIpc) is 2.94. The second kappa shape index (κ2) is 7.12. The number of hydrogen-bond donors (Lipinski definition) is 1. The Hall–Kier alpha value is -1.95. The van der Waals surface area contributed by atoms with E-state index in [4.69, 9.17) is 0 Å². The molecular weight excluding hydrogens is 318 g/mol. The van der Waals surface area contributed by atoms with Crippen molar-refractivity contribution in [1.82, 2.24) is 14.8 Å². The van der Waals surface area contributed by atoms with E-state index in [0.717, 1.165) is 38.0 Å². The van der Waals surface area contributed by atoms with Gasteiger partial charge in [-0.1, -0.05) is 6.92 Å². The van der Waals surface area contributed by atoms with E-state index in [2.05, 4.69) is 16.8 Å². The number of piperidine rings is 1. The number of amides is 1. The zero-order valence-electron chi connectivity index (χ0n) is 15.1. The van der Waals surface area contributed by atoms with Gasteiger partial charge in [0.15, 0.2) is 0 Å². The molecular formula is C19H27N3O3. The van der Waals surface area contributed by atoms with Crippen LogP contribution >= 0.6 is 0 Å². The minimum absolute atomic E-state index is 0.0283. The van der Waals surface area contributed by atoms with Crippen LogP contribution in [0.4, 0.5) is 0 Å². The highest BCUT2D eigenvalue weighted by Gasteiger charge is 2.48. The lowest BCUT2D eigenvalue weighted by atomic mass is 9.76. The van der Waals surface area contributed by atoms with Gasteiger partial charge < -0.3 is 10.0 Å². The Morgan fingerprint density at radius 3 is 2.60 bits per heavy atom. The first-order valence-corrected chi connectivity index (χ1v) is 9.13. The van der Waals surface area contributed by atoms with Crippen LogP contribution in [-0.4, -0.2) is 64.0 Å². The fourth-order valence-electron chi connectivity index (χ4n) is 4.23. The highest BCUT2D eigenvalue weighted by atomic mass is 16.4. The van der Waals surface area contributed by atoms with Crippen molar-refractivity contribution < 1.29 is 14.7 Å². The Kier molecular flexibility index (Phi) is 5.08. The molecule has 1 unspecified atom stereocenters. The maximum Gasteiger partial charge on any atom is 0.320 e. The Bertz CT molecular complexity index is 636. The summed E-state index contributed by atoms with van der Waals surface area (Å²) in [4.78, 5) is 32.4. The van der Waals surface area contributed by atoms with Gasteiger partial charge in [0.25, 0.3) is 5.91 Å². The molecule has 0 aromatic carbocycles. The molecule has 1 spiro atoms. The highest BCUT2D eigenvalue weighted by molar-refractivity contribution is 5.94. The van der Waals surface area contributed by atoms with Gasteiger partial charge in [-0.25, -0.2) is 0 Å². The van der Waals surface area contributed by atoms with E-state index in [9.17, 15) is 14.7 Å². The number of likely N-dealkylation sites (tertiary alicyclic amines) is 2. The molecule has 136 valence electrons. The molecule has 1 aromatic rings. The fraction of sp³-hybridized carbons (Fsp3) is 0.632. The number of carbonyl (C=O) groups excluding carboxylic acids is 1. The molecule has 1 N–H and O–H groups in total. The van der Waals surface area contributed by atoms with Crippen molar-refractivity contribution >= 4 is 11.9 Å². The van der Waals surface area contributed by atoms with E-state index in [1.165, 1.54) is 0 Å². The number of aryl methyl sites for hydroxylation is 1. The third-order valence-corrected chi connectivity index (χ3v) is 5.67. The summed E-state index contributed by atoms with van der Waals surface area (Å²) in [5.41, 5.74) is 1.57. The van der Waals surface area contributed by atoms with Crippen LogP contribution in [0, 0.1) is 12.3 Å². The van der Waals surface area contributed by atoms with Gasteiger partial charge in [-0.2, -0.15) is 0 Å². The minimum atomic E-state index is -0.713. The summed E-state index contributed by atoms with van der Waals surface area (Å²) >= 11 is 0. The smallest absolute Gasteiger partial charge is 0.320 e. The summed E-state index contributed by atoms with van der Waals surface area (Å²) in [6.07, 6.45) is 5.06. The quantitative estimate of drug-likeness (QED) is 0.905. The maximum absolute atomic E-state index is 12.6. The normalized spacial score (nSPS) is 23.1. The van der Waals surface area contributed by atoms with Crippen LogP contribution in [-0.2, 0) is 4.79 Å². The topological polar surface area (TPSA) is 73.7 Å². The van der Waals surface area contributed by atoms with E-state index in [-0.39, 0.29) is 17.4 Å². The molecule has 2 aliphatic heterocycles. The number of nitrogens with zero attached hydrogens (tertiary/aromatic N) is 3. The van der Waals surface area contributed by atoms with Crippen molar-refractivity contribution in [2.75, 3.05) is 26.2 Å². The SMILES string of the molecule is CCCN1CC2(CCN(C(=O)c3ccc(C)nc3)CC2)CC1C(=O)O. The Labute approximate surface area is 148 Å². The van der Waals surface area contributed by atoms with E-state index in [0.29, 0.717) is 25.1 Å². The van der Waals surface area contributed by atoms with Gasteiger partial charge in [0.1, 0.15) is 6.04 Å². The lowest BCUT2D eigenvalue weighted by Crippen LogP contribution is -2.44. The number of carbonyl (C=O) groups is 2. The molecule has 25 heavy (non-hydrogen) atoms.